The number of aliphatic imine (C=N–C) groups is 1. The number of allylic oxidation sites excluding steroid dienone is 4. The predicted molar refractivity (Wildman–Crippen MR) is 106 cm³/mol. The van der Waals surface area contributed by atoms with Gasteiger partial charge in [0.15, 0.2) is 0 Å². The number of ether oxygens (including phenoxy) is 1. The molecule has 3 aliphatic rings. The van der Waals surface area contributed by atoms with Crippen molar-refractivity contribution in [2.75, 3.05) is 6.61 Å². The van der Waals surface area contributed by atoms with Gasteiger partial charge in [-0.25, -0.2) is 0 Å². The summed E-state index contributed by atoms with van der Waals surface area (Å²) >= 11 is 0. The maximum Gasteiger partial charge on any atom is 0.317 e. The lowest BCUT2D eigenvalue weighted by molar-refractivity contribution is -0.146. The Balaban J connectivity index is 1.94. The third kappa shape index (κ3) is 4.17. The van der Waals surface area contributed by atoms with Crippen molar-refractivity contribution >= 4 is 11.7 Å². The van der Waals surface area contributed by atoms with Crippen LogP contribution < -0.4 is 5.32 Å². The standard InChI is InChI=1S/C22H30N2O2/c1-4-26-22(25)20-16(3)24-19(17-8-6-5-7-9-17)14-23-21(20)18-12-10-15(2)11-13-18/h6,8-9,12,14-15,20-21,23H,4-5,7,10-11,13H2,1-3H3. The molecule has 1 aliphatic heterocycles. The molecule has 1 heterocycles. The van der Waals surface area contributed by atoms with E-state index in [-0.39, 0.29) is 17.9 Å². The molecule has 0 aromatic carbocycles. The average molecular weight is 354 g/mol. The summed E-state index contributed by atoms with van der Waals surface area (Å²) in [5.41, 5.74) is 4.16. The number of carbonyl (C=O) groups excluding carboxylic acids is 1. The Morgan fingerprint density at radius 2 is 2.19 bits per heavy atom. The van der Waals surface area contributed by atoms with Gasteiger partial charge in [-0.3, -0.25) is 9.79 Å². The van der Waals surface area contributed by atoms with Crippen molar-refractivity contribution in [2.24, 2.45) is 16.8 Å². The Bertz CT molecular complexity index is 697. The fourth-order valence-electron chi connectivity index (χ4n) is 3.88. The van der Waals surface area contributed by atoms with Crippen molar-refractivity contribution in [3.8, 4) is 0 Å². The first-order valence-corrected chi connectivity index (χ1v) is 9.84. The fourth-order valence-corrected chi connectivity index (χ4v) is 3.88. The van der Waals surface area contributed by atoms with E-state index in [0.29, 0.717) is 12.5 Å². The van der Waals surface area contributed by atoms with Crippen LogP contribution in [0.5, 0.6) is 0 Å². The summed E-state index contributed by atoms with van der Waals surface area (Å²) in [6, 6.07) is -0.0732. The molecule has 0 aromatic heterocycles. The SMILES string of the molecule is CCOC(=O)C1C(C)=NC(C2=CCCC=C2)=CNC1C1=CCC(C)CC1. The highest BCUT2D eigenvalue weighted by atomic mass is 16.5. The first kappa shape index (κ1) is 18.7. The van der Waals surface area contributed by atoms with E-state index in [9.17, 15) is 4.79 Å². The minimum absolute atomic E-state index is 0.0732. The van der Waals surface area contributed by atoms with Crippen LogP contribution in [0.2, 0.25) is 0 Å². The number of nitrogens with one attached hydrogen (secondary N) is 1. The first-order chi connectivity index (χ1) is 12.6. The number of carbonyl (C=O) groups is 1. The zero-order valence-electron chi connectivity index (χ0n) is 16.1. The van der Waals surface area contributed by atoms with E-state index in [1.54, 1.807) is 0 Å². The second kappa shape index (κ2) is 8.52. The first-order valence-electron chi connectivity index (χ1n) is 9.84. The molecule has 0 amide bonds. The van der Waals surface area contributed by atoms with Crippen molar-refractivity contribution in [3.05, 3.63) is 47.3 Å². The lowest BCUT2D eigenvalue weighted by Crippen LogP contribution is -2.43. The Hall–Kier alpha value is -2.10. The molecule has 0 aromatic rings. The number of hydrogen-bond acceptors (Lipinski definition) is 4. The molecule has 1 N–H and O–H groups in total. The van der Waals surface area contributed by atoms with Gasteiger partial charge < -0.3 is 10.1 Å². The van der Waals surface area contributed by atoms with Crippen LogP contribution in [-0.2, 0) is 9.53 Å². The monoisotopic (exact) mass is 354 g/mol. The van der Waals surface area contributed by atoms with Crippen LogP contribution in [0.15, 0.2) is 52.3 Å². The summed E-state index contributed by atoms with van der Waals surface area (Å²) < 4.78 is 5.39. The minimum Gasteiger partial charge on any atom is -0.465 e. The Kier molecular flexibility index (Phi) is 6.12. The number of nitrogens with zero attached hydrogens (tertiary/aromatic N) is 1. The van der Waals surface area contributed by atoms with Gasteiger partial charge in [0.25, 0.3) is 0 Å². The van der Waals surface area contributed by atoms with Crippen molar-refractivity contribution in [1.82, 2.24) is 5.32 Å². The highest BCUT2D eigenvalue weighted by Crippen LogP contribution is 2.31. The highest BCUT2D eigenvalue weighted by molar-refractivity contribution is 6.03. The van der Waals surface area contributed by atoms with Gasteiger partial charge in [-0.05, 0) is 57.4 Å². The molecule has 0 bridgehead atoms. The third-order valence-electron chi connectivity index (χ3n) is 5.42. The Labute approximate surface area is 156 Å². The van der Waals surface area contributed by atoms with Crippen molar-refractivity contribution in [1.29, 1.82) is 0 Å². The van der Waals surface area contributed by atoms with Crippen LogP contribution in [0.1, 0.15) is 52.9 Å². The summed E-state index contributed by atoms with van der Waals surface area (Å²) in [7, 11) is 0. The van der Waals surface area contributed by atoms with Gasteiger partial charge in [0.1, 0.15) is 5.92 Å². The molecule has 2 aliphatic carbocycles. The number of hydrogen-bond donors (Lipinski definition) is 1. The van der Waals surface area contributed by atoms with E-state index in [4.69, 9.17) is 9.73 Å². The molecule has 0 radical (unpaired) electrons. The zero-order chi connectivity index (χ0) is 18.5. The normalized spacial score (nSPS) is 28.8. The van der Waals surface area contributed by atoms with Crippen LogP contribution in [0.25, 0.3) is 0 Å². The molecular formula is C22H30N2O2. The van der Waals surface area contributed by atoms with Gasteiger partial charge in [-0.15, -0.1) is 0 Å². The van der Waals surface area contributed by atoms with Gasteiger partial charge in [-0.2, -0.15) is 0 Å². The molecule has 3 rings (SSSR count). The fraction of sp³-hybridized carbons (Fsp3) is 0.545. The molecule has 0 saturated heterocycles. The maximum absolute atomic E-state index is 12.7. The molecule has 3 atom stereocenters. The predicted octanol–water partition coefficient (Wildman–Crippen LogP) is 4.46. The Morgan fingerprint density at radius 1 is 1.35 bits per heavy atom. The molecule has 26 heavy (non-hydrogen) atoms. The van der Waals surface area contributed by atoms with Crippen LogP contribution in [0, 0.1) is 11.8 Å². The van der Waals surface area contributed by atoms with E-state index in [1.807, 2.05) is 20.0 Å². The van der Waals surface area contributed by atoms with E-state index in [1.165, 1.54) is 12.0 Å². The molecule has 4 nitrogen and oxygen atoms in total. The average Bonchev–Trinajstić information content (AvgIpc) is 2.82. The van der Waals surface area contributed by atoms with E-state index in [2.05, 4.69) is 36.5 Å². The van der Waals surface area contributed by atoms with Crippen molar-refractivity contribution < 1.29 is 9.53 Å². The van der Waals surface area contributed by atoms with Crippen LogP contribution >= 0.6 is 0 Å². The lowest BCUT2D eigenvalue weighted by Gasteiger charge is -2.30. The smallest absolute Gasteiger partial charge is 0.317 e. The minimum atomic E-state index is -0.378. The van der Waals surface area contributed by atoms with Gasteiger partial charge >= 0.3 is 5.97 Å². The van der Waals surface area contributed by atoms with Gasteiger partial charge in [0.2, 0.25) is 0 Å². The highest BCUT2D eigenvalue weighted by Gasteiger charge is 2.36. The topological polar surface area (TPSA) is 50.7 Å². The maximum atomic E-state index is 12.7. The summed E-state index contributed by atoms with van der Waals surface area (Å²) in [4.78, 5) is 17.6. The van der Waals surface area contributed by atoms with E-state index in [0.717, 1.165) is 42.7 Å². The summed E-state index contributed by atoms with van der Waals surface area (Å²) in [6.07, 6.45) is 16.2. The van der Waals surface area contributed by atoms with Crippen LogP contribution in [-0.4, -0.2) is 24.3 Å². The molecule has 0 saturated carbocycles. The second-order valence-electron chi connectivity index (χ2n) is 7.45. The summed E-state index contributed by atoms with van der Waals surface area (Å²) in [6.45, 7) is 6.48. The molecule has 0 fully saturated rings. The molecule has 4 heteroatoms. The van der Waals surface area contributed by atoms with E-state index >= 15 is 0 Å². The zero-order valence-corrected chi connectivity index (χ0v) is 16.1. The quantitative estimate of drug-likeness (QED) is 0.599. The van der Waals surface area contributed by atoms with Crippen LogP contribution in [0.3, 0.4) is 0 Å². The van der Waals surface area contributed by atoms with Crippen molar-refractivity contribution in [3.63, 3.8) is 0 Å². The van der Waals surface area contributed by atoms with Gasteiger partial charge in [-0.1, -0.05) is 36.8 Å². The number of rotatable bonds is 4. The lowest BCUT2D eigenvalue weighted by atomic mass is 9.81. The van der Waals surface area contributed by atoms with Crippen LogP contribution in [0.4, 0.5) is 0 Å². The van der Waals surface area contributed by atoms with Gasteiger partial charge in [0, 0.05) is 11.9 Å². The third-order valence-corrected chi connectivity index (χ3v) is 5.42. The molecule has 0 spiro atoms. The summed E-state index contributed by atoms with van der Waals surface area (Å²) in [5, 5.41) is 3.51. The molecule has 140 valence electrons. The van der Waals surface area contributed by atoms with Crippen molar-refractivity contribution in [2.45, 2.75) is 58.9 Å². The van der Waals surface area contributed by atoms with E-state index < -0.39 is 0 Å². The molecular weight excluding hydrogens is 324 g/mol. The number of esters is 1. The Morgan fingerprint density at radius 3 is 2.85 bits per heavy atom. The second-order valence-corrected chi connectivity index (χ2v) is 7.45. The van der Waals surface area contributed by atoms with Gasteiger partial charge in [0.05, 0.1) is 18.3 Å². The largest absolute Gasteiger partial charge is 0.465 e. The molecule has 3 unspecified atom stereocenters. The summed E-state index contributed by atoms with van der Waals surface area (Å²) in [5.74, 6) is 0.147.